The van der Waals surface area contributed by atoms with Gasteiger partial charge in [-0.1, -0.05) is 11.6 Å². The summed E-state index contributed by atoms with van der Waals surface area (Å²) in [6, 6.07) is 5.06. The molecule has 0 spiro atoms. The third kappa shape index (κ3) is 3.00. The number of aryl methyl sites for hydroxylation is 2. The highest BCUT2D eigenvalue weighted by atomic mass is 35.5. The molecule has 8 heteroatoms. The minimum atomic E-state index is -0.387. The summed E-state index contributed by atoms with van der Waals surface area (Å²) in [4.78, 5) is 16.4. The Morgan fingerprint density at radius 3 is 2.74 bits per heavy atom. The minimum Gasteiger partial charge on any atom is -0.345 e. The van der Waals surface area contributed by atoms with Crippen LogP contribution in [0.2, 0.25) is 5.02 Å². The van der Waals surface area contributed by atoms with Gasteiger partial charge in [-0.2, -0.15) is 5.10 Å². The van der Waals surface area contributed by atoms with Crippen LogP contribution in [-0.4, -0.2) is 30.9 Å². The van der Waals surface area contributed by atoms with Gasteiger partial charge in [-0.15, -0.1) is 10.2 Å². The molecule has 3 rings (SSSR count). The first-order chi connectivity index (χ1) is 11.0. The summed E-state index contributed by atoms with van der Waals surface area (Å²) in [5.41, 5.74) is 4.00. The molecule has 0 saturated carbocycles. The second-order valence-corrected chi connectivity index (χ2v) is 5.66. The van der Waals surface area contributed by atoms with Gasteiger partial charge in [0.05, 0.1) is 11.2 Å². The van der Waals surface area contributed by atoms with Crippen molar-refractivity contribution in [1.29, 1.82) is 0 Å². The average molecular weight is 331 g/mol. The van der Waals surface area contributed by atoms with Crippen LogP contribution in [0, 0.1) is 13.8 Å². The Bertz CT molecular complexity index is 904. The van der Waals surface area contributed by atoms with Gasteiger partial charge in [-0.25, -0.2) is 4.98 Å². The van der Waals surface area contributed by atoms with Gasteiger partial charge in [0.15, 0.2) is 0 Å². The summed E-state index contributed by atoms with van der Waals surface area (Å²) in [5, 5.41) is 15.5. The number of nitrogens with one attached hydrogen (secondary N) is 1. The number of halogens is 1. The topological polar surface area (TPSA) is 85.6 Å². The molecule has 2 heterocycles. The first-order valence-electron chi connectivity index (χ1n) is 7.03. The van der Waals surface area contributed by atoms with Gasteiger partial charge in [0.25, 0.3) is 5.91 Å². The third-order valence-electron chi connectivity index (χ3n) is 3.70. The molecular formula is C15H15ClN6O. The molecule has 0 saturated heterocycles. The minimum absolute atomic E-state index is 0.0129. The molecule has 0 aliphatic carbocycles. The monoisotopic (exact) mass is 330 g/mol. The summed E-state index contributed by atoms with van der Waals surface area (Å²) in [6.45, 7) is 4.23. The Hall–Kier alpha value is -2.54. The lowest BCUT2D eigenvalue weighted by Gasteiger charge is -2.05. The fourth-order valence-electron chi connectivity index (χ4n) is 2.33. The van der Waals surface area contributed by atoms with Crippen molar-refractivity contribution in [3.8, 4) is 0 Å². The van der Waals surface area contributed by atoms with Crippen LogP contribution in [0.4, 0.5) is 0 Å². The van der Waals surface area contributed by atoms with Crippen molar-refractivity contribution in [1.82, 2.24) is 30.3 Å². The van der Waals surface area contributed by atoms with Crippen molar-refractivity contribution < 1.29 is 4.79 Å². The summed E-state index contributed by atoms with van der Waals surface area (Å²) >= 11 is 5.93. The lowest BCUT2D eigenvalue weighted by Crippen LogP contribution is -2.25. The zero-order chi connectivity index (χ0) is 16.6. The molecule has 0 bridgehead atoms. The summed E-state index contributed by atoms with van der Waals surface area (Å²) < 4.78 is 1.78. The second-order valence-electron chi connectivity index (χ2n) is 5.22. The molecule has 1 aromatic carbocycles. The molecule has 23 heavy (non-hydrogen) atoms. The second kappa shape index (κ2) is 5.92. The number of rotatable bonds is 3. The predicted octanol–water partition coefficient (Wildman–Crippen LogP) is 1.96. The van der Waals surface area contributed by atoms with E-state index in [9.17, 15) is 4.79 Å². The molecule has 0 unspecified atom stereocenters. The highest BCUT2D eigenvalue weighted by molar-refractivity contribution is 6.31. The molecule has 0 aliphatic rings. The molecule has 7 nitrogen and oxygen atoms in total. The van der Waals surface area contributed by atoms with Crippen LogP contribution >= 0.6 is 11.6 Å². The van der Waals surface area contributed by atoms with Gasteiger partial charge >= 0.3 is 0 Å². The van der Waals surface area contributed by atoms with E-state index in [0.29, 0.717) is 22.6 Å². The molecule has 0 aliphatic heterocycles. The summed E-state index contributed by atoms with van der Waals surface area (Å²) in [7, 11) is 1.87. The van der Waals surface area contributed by atoms with Crippen LogP contribution in [0.15, 0.2) is 18.2 Å². The van der Waals surface area contributed by atoms with Crippen LogP contribution in [0.25, 0.3) is 11.0 Å². The maximum Gasteiger partial charge on any atom is 0.291 e. The van der Waals surface area contributed by atoms with E-state index in [1.54, 1.807) is 22.9 Å². The Morgan fingerprint density at radius 1 is 1.26 bits per heavy atom. The Labute approximate surface area is 137 Å². The van der Waals surface area contributed by atoms with Crippen molar-refractivity contribution in [2.45, 2.75) is 20.4 Å². The normalized spacial score (nSPS) is 11.0. The van der Waals surface area contributed by atoms with E-state index in [1.165, 1.54) is 0 Å². The Balaban J connectivity index is 1.80. The Kier molecular flexibility index (Phi) is 3.96. The van der Waals surface area contributed by atoms with Gasteiger partial charge < -0.3 is 5.32 Å². The van der Waals surface area contributed by atoms with Gasteiger partial charge in [0, 0.05) is 29.9 Å². The van der Waals surface area contributed by atoms with Crippen molar-refractivity contribution in [2.24, 2.45) is 7.05 Å². The molecule has 0 atom stereocenters. The quantitative estimate of drug-likeness (QED) is 0.793. The fourth-order valence-corrected chi connectivity index (χ4v) is 2.49. The van der Waals surface area contributed by atoms with Crippen LogP contribution in [-0.2, 0) is 13.6 Å². The number of fused-ring (bicyclic) bond motifs is 1. The number of nitrogens with zero attached hydrogens (tertiary/aromatic N) is 5. The van der Waals surface area contributed by atoms with E-state index in [1.807, 2.05) is 20.9 Å². The van der Waals surface area contributed by atoms with E-state index in [2.05, 4.69) is 25.6 Å². The highest BCUT2D eigenvalue weighted by Crippen LogP contribution is 2.15. The molecule has 1 amide bonds. The van der Waals surface area contributed by atoms with E-state index in [4.69, 9.17) is 11.6 Å². The van der Waals surface area contributed by atoms with E-state index >= 15 is 0 Å². The number of hydrogen-bond donors (Lipinski definition) is 1. The molecular weight excluding hydrogens is 316 g/mol. The summed E-state index contributed by atoms with van der Waals surface area (Å²) in [5.74, 6) is -0.374. The molecule has 3 aromatic rings. The van der Waals surface area contributed by atoms with Crippen molar-refractivity contribution in [3.63, 3.8) is 0 Å². The van der Waals surface area contributed by atoms with Crippen LogP contribution in [0.5, 0.6) is 0 Å². The van der Waals surface area contributed by atoms with Crippen molar-refractivity contribution in [3.05, 3.63) is 46.0 Å². The maximum absolute atomic E-state index is 12.2. The van der Waals surface area contributed by atoms with Crippen molar-refractivity contribution >= 4 is 28.5 Å². The molecule has 0 radical (unpaired) electrons. The predicted molar refractivity (Wildman–Crippen MR) is 86.2 cm³/mol. The number of hydrogen-bond acceptors (Lipinski definition) is 5. The van der Waals surface area contributed by atoms with Gasteiger partial charge in [-0.05, 0) is 32.0 Å². The largest absolute Gasteiger partial charge is 0.345 e. The van der Waals surface area contributed by atoms with Gasteiger partial charge in [0.1, 0.15) is 5.52 Å². The van der Waals surface area contributed by atoms with Crippen LogP contribution < -0.4 is 5.32 Å². The van der Waals surface area contributed by atoms with Crippen LogP contribution in [0.3, 0.4) is 0 Å². The number of benzene rings is 1. The fraction of sp³-hybridized carbons (Fsp3) is 0.267. The highest BCUT2D eigenvalue weighted by Gasteiger charge is 2.14. The first-order valence-corrected chi connectivity index (χ1v) is 7.41. The summed E-state index contributed by atoms with van der Waals surface area (Å²) in [6.07, 6.45) is 0. The number of carbonyl (C=O) groups excluding carboxylic acids is 1. The first kappa shape index (κ1) is 15.4. The standard InChI is InChI=1S/C15H15ClN6O/c1-8-11(9(2)22(3)21-8)7-17-15(23)14-18-13-6-10(16)4-5-12(13)19-20-14/h4-6H,7H2,1-3H3,(H,17,23). The SMILES string of the molecule is Cc1nn(C)c(C)c1CNC(=O)c1nnc2ccc(Cl)cc2n1. The number of aromatic nitrogens is 5. The van der Waals surface area contributed by atoms with E-state index < -0.39 is 0 Å². The number of amides is 1. The van der Waals surface area contributed by atoms with Crippen LogP contribution in [0.1, 0.15) is 27.6 Å². The average Bonchev–Trinajstić information content (AvgIpc) is 2.77. The third-order valence-corrected chi connectivity index (χ3v) is 3.94. The lowest BCUT2D eigenvalue weighted by atomic mass is 10.2. The molecule has 118 valence electrons. The van der Waals surface area contributed by atoms with Crippen molar-refractivity contribution in [2.75, 3.05) is 0 Å². The molecule has 0 fully saturated rings. The molecule has 1 N–H and O–H groups in total. The van der Waals surface area contributed by atoms with E-state index in [-0.39, 0.29) is 11.7 Å². The van der Waals surface area contributed by atoms with E-state index in [0.717, 1.165) is 17.0 Å². The zero-order valence-corrected chi connectivity index (χ0v) is 13.7. The molecule has 2 aromatic heterocycles. The van der Waals surface area contributed by atoms with Gasteiger partial charge in [-0.3, -0.25) is 9.48 Å². The Morgan fingerprint density at radius 2 is 2.04 bits per heavy atom. The van der Waals surface area contributed by atoms with Gasteiger partial charge in [0.2, 0.25) is 5.82 Å². The smallest absolute Gasteiger partial charge is 0.291 e. The number of carbonyl (C=O) groups is 1. The maximum atomic E-state index is 12.2. The zero-order valence-electron chi connectivity index (χ0n) is 13.0. The lowest BCUT2D eigenvalue weighted by molar-refractivity contribution is 0.0939.